The van der Waals surface area contributed by atoms with E-state index in [-0.39, 0.29) is 0 Å². The first-order valence-corrected chi connectivity index (χ1v) is 7.36. The fourth-order valence-electron chi connectivity index (χ4n) is 1.59. The van der Waals surface area contributed by atoms with Gasteiger partial charge < -0.3 is 0 Å². The van der Waals surface area contributed by atoms with Crippen molar-refractivity contribution in [2.24, 2.45) is 5.92 Å². The van der Waals surface area contributed by atoms with Crippen LogP contribution in [-0.2, 0) is 0 Å². The summed E-state index contributed by atoms with van der Waals surface area (Å²) in [6.07, 6.45) is 3.42. The van der Waals surface area contributed by atoms with Crippen molar-refractivity contribution in [3.63, 3.8) is 0 Å². The quantitative estimate of drug-likeness (QED) is 0.644. The van der Waals surface area contributed by atoms with E-state index < -0.39 is 0 Å². The molecule has 2 heteroatoms. The van der Waals surface area contributed by atoms with Gasteiger partial charge >= 0.3 is 0 Å². The molecule has 0 N–H and O–H groups in total. The maximum absolute atomic E-state index is 5.89. The first-order valence-electron chi connectivity index (χ1n) is 6.10. The molecule has 0 atom stereocenters. The summed E-state index contributed by atoms with van der Waals surface area (Å²) in [4.78, 5) is 1.46. The minimum absolute atomic E-state index is 0.632. The van der Waals surface area contributed by atoms with Crippen molar-refractivity contribution in [2.45, 2.75) is 39.4 Å². The first kappa shape index (κ1) is 14.7. The van der Waals surface area contributed by atoms with Gasteiger partial charge in [0.1, 0.15) is 0 Å². The third-order valence-electron chi connectivity index (χ3n) is 2.19. The van der Waals surface area contributed by atoms with Gasteiger partial charge in [0, 0.05) is 10.3 Å². The second-order valence-corrected chi connectivity index (χ2v) is 7.07. The molecule has 1 rings (SSSR count). The van der Waals surface area contributed by atoms with Crippen LogP contribution >= 0.6 is 23.4 Å². The standard InChI is InChI=1S/C15H21ClS/c1-11(2)9-15(17-12(3)4)10-13-5-7-14(16)8-6-13/h5-8,10-12H,9H2,1-4H3/b15-10+. The Morgan fingerprint density at radius 1 is 1.18 bits per heavy atom. The lowest BCUT2D eigenvalue weighted by Gasteiger charge is -2.12. The van der Waals surface area contributed by atoms with E-state index in [2.05, 4.69) is 45.9 Å². The fourth-order valence-corrected chi connectivity index (χ4v) is 2.96. The number of rotatable bonds is 5. The molecule has 0 radical (unpaired) electrons. The topological polar surface area (TPSA) is 0 Å². The minimum Gasteiger partial charge on any atom is -0.128 e. The average Bonchev–Trinajstić information content (AvgIpc) is 2.19. The van der Waals surface area contributed by atoms with Crippen molar-refractivity contribution in [1.82, 2.24) is 0 Å². The fraction of sp³-hybridized carbons (Fsp3) is 0.467. The van der Waals surface area contributed by atoms with Crippen molar-refractivity contribution in [1.29, 1.82) is 0 Å². The number of benzene rings is 1. The zero-order chi connectivity index (χ0) is 12.8. The predicted molar refractivity (Wildman–Crippen MR) is 81.6 cm³/mol. The highest BCUT2D eigenvalue weighted by atomic mass is 35.5. The number of allylic oxidation sites excluding steroid dienone is 1. The SMILES string of the molecule is CC(C)C/C(=C\c1ccc(Cl)cc1)SC(C)C. The lowest BCUT2D eigenvalue weighted by molar-refractivity contribution is 0.660. The Morgan fingerprint density at radius 2 is 1.76 bits per heavy atom. The Balaban J connectivity index is 2.83. The Hall–Kier alpha value is -0.400. The lowest BCUT2D eigenvalue weighted by Crippen LogP contribution is -1.93. The number of hydrogen-bond acceptors (Lipinski definition) is 1. The third-order valence-corrected chi connectivity index (χ3v) is 3.50. The molecule has 1 aromatic rings. The van der Waals surface area contributed by atoms with Crippen molar-refractivity contribution in [2.75, 3.05) is 0 Å². The maximum atomic E-state index is 5.89. The average molecular weight is 269 g/mol. The van der Waals surface area contributed by atoms with Crippen LogP contribution in [0.15, 0.2) is 29.2 Å². The third kappa shape index (κ3) is 6.18. The number of hydrogen-bond donors (Lipinski definition) is 0. The molecular weight excluding hydrogens is 248 g/mol. The van der Waals surface area contributed by atoms with Crippen LogP contribution in [-0.4, -0.2) is 5.25 Å². The van der Waals surface area contributed by atoms with Crippen molar-refractivity contribution in [3.05, 3.63) is 39.8 Å². The molecule has 0 saturated carbocycles. The normalized spacial score (nSPS) is 12.5. The van der Waals surface area contributed by atoms with Crippen LogP contribution < -0.4 is 0 Å². The molecule has 0 fully saturated rings. The molecule has 0 heterocycles. The van der Waals surface area contributed by atoms with Crippen LogP contribution in [0.5, 0.6) is 0 Å². The molecule has 94 valence electrons. The summed E-state index contributed by atoms with van der Waals surface area (Å²) < 4.78 is 0. The first-order chi connectivity index (χ1) is 7.97. The Morgan fingerprint density at radius 3 is 2.24 bits per heavy atom. The van der Waals surface area contributed by atoms with Crippen molar-refractivity contribution >= 4 is 29.4 Å². The zero-order valence-corrected chi connectivity index (χ0v) is 12.6. The molecule has 0 aliphatic carbocycles. The largest absolute Gasteiger partial charge is 0.128 e. The van der Waals surface area contributed by atoms with Crippen LogP contribution in [0.1, 0.15) is 39.7 Å². The monoisotopic (exact) mass is 268 g/mol. The van der Waals surface area contributed by atoms with E-state index in [4.69, 9.17) is 11.6 Å². The van der Waals surface area contributed by atoms with E-state index in [0.717, 1.165) is 11.4 Å². The molecule has 0 spiro atoms. The van der Waals surface area contributed by atoms with Gasteiger partial charge in [-0.1, -0.05) is 51.4 Å². The predicted octanol–water partition coefficient (Wildman–Crippen LogP) is 5.87. The van der Waals surface area contributed by atoms with E-state index in [1.54, 1.807) is 0 Å². The van der Waals surface area contributed by atoms with Crippen LogP contribution in [0.25, 0.3) is 6.08 Å². The Bertz CT molecular complexity index is 351. The Kier molecular flexibility index (Phi) is 6.15. The molecule has 0 aliphatic heterocycles. The van der Waals surface area contributed by atoms with Gasteiger partial charge in [-0.05, 0) is 41.0 Å². The van der Waals surface area contributed by atoms with Crippen LogP contribution in [0.3, 0.4) is 0 Å². The summed E-state index contributed by atoms with van der Waals surface area (Å²) >= 11 is 7.85. The van der Waals surface area contributed by atoms with Gasteiger partial charge in [-0.2, -0.15) is 0 Å². The second-order valence-electron chi connectivity index (χ2n) is 4.93. The van der Waals surface area contributed by atoms with Gasteiger partial charge in [-0.25, -0.2) is 0 Å². The van der Waals surface area contributed by atoms with Gasteiger partial charge in [-0.3, -0.25) is 0 Å². The van der Waals surface area contributed by atoms with Gasteiger partial charge in [0.2, 0.25) is 0 Å². The molecule has 0 nitrogen and oxygen atoms in total. The second kappa shape index (κ2) is 7.13. The van der Waals surface area contributed by atoms with Crippen molar-refractivity contribution < 1.29 is 0 Å². The smallest absolute Gasteiger partial charge is 0.0406 e. The lowest BCUT2D eigenvalue weighted by atomic mass is 10.1. The molecule has 0 aliphatic rings. The van der Waals surface area contributed by atoms with E-state index in [0.29, 0.717) is 11.2 Å². The maximum Gasteiger partial charge on any atom is 0.0406 e. The van der Waals surface area contributed by atoms with Crippen molar-refractivity contribution in [3.8, 4) is 0 Å². The van der Waals surface area contributed by atoms with Crippen LogP contribution in [0.2, 0.25) is 5.02 Å². The summed E-state index contributed by atoms with van der Waals surface area (Å²) in [5.41, 5.74) is 1.23. The molecule has 1 aromatic carbocycles. The molecular formula is C15H21ClS. The van der Waals surface area contributed by atoms with E-state index in [9.17, 15) is 0 Å². The highest BCUT2D eigenvalue weighted by Crippen LogP contribution is 2.29. The Labute approximate surface area is 114 Å². The molecule has 0 saturated heterocycles. The number of thioether (sulfide) groups is 1. The van der Waals surface area contributed by atoms with Gasteiger partial charge in [0.15, 0.2) is 0 Å². The highest BCUT2D eigenvalue weighted by Gasteiger charge is 2.05. The highest BCUT2D eigenvalue weighted by molar-refractivity contribution is 8.03. The van der Waals surface area contributed by atoms with Crippen LogP contribution in [0.4, 0.5) is 0 Å². The summed E-state index contributed by atoms with van der Waals surface area (Å²) in [6, 6.07) is 8.04. The molecule has 17 heavy (non-hydrogen) atoms. The summed E-state index contributed by atoms with van der Waals surface area (Å²) in [5, 5.41) is 1.43. The molecule has 0 unspecified atom stereocenters. The zero-order valence-electron chi connectivity index (χ0n) is 11.0. The summed E-state index contributed by atoms with van der Waals surface area (Å²) in [5.74, 6) is 0.694. The molecule has 0 amide bonds. The number of halogens is 1. The summed E-state index contributed by atoms with van der Waals surface area (Å²) in [7, 11) is 0. The van der Waals surface area contributed by atoms with Gasteiger partial charge in [0.25, 0.3) is 0 Å². The van der Waals surface area contributed by atoms with E-state index in [1.807, 2.05) is 23.9 Å². The minimum atomic E-state index is 0.632. The summed E-state index contributed by atoms with van der Waals surface area (Å²) in [6.45, 7) is 8.99. The van der Waals surface area contributed by atoms with E-state index >= 15 is 0 Å². The van der Waals surface area contributed by atoms with Gasteiger partial charge in [0.05, 0.1) is 0 Å². The van der Waals surface area contributed by atoms with E-state index in [1.165, 1.54) is 10.5 Å². The van der Waals surface area contributed by atoms with Gasteiger partial charge in [-0.15, -0.1) is 11.8 Å². The van der Waals surface area contributed by atoms with Crippen LogP contribution in [0, 0.1) is 5.92 Å². The molecule has 0 aromatic heterocycles. The molecule has 0 bridgehead atoms.